The average molecular weight is 449 g/mol. The van der Waals surface area contributed by atoms with Crippen LogP contribution in [0.2, 0.25) is 0 Å². The number of aromatic nitrogens is 4. The Kier molecular flexibility index (Phi) is 5.77. The van der Waals surface area contributed by atoms with Crippen molar-refractivity contribution in [1.29, 1.82) is 0 Å². The van der Waals surface area contributed by atoms with Gasteiger partial charge in [-0.1, -0.05) is 6.08 Å². The van der Waals surface area contributed by atoms with Gasteiger partial charge >= 0.3 is 11.9 Å². The molecule has 0 aromatic carbocycles. The molecule has 0 radical (unpaired) electrons. The van der Waals surface area contributed by atoms with Crippen LogP contribution in [0.5, 0.6) is 5.75 Å². The maximum Gasteiger partial charge on any atom is 0.425 e. The first-order chi connectivity index (χ1) is 14.8. The number of hydrogen-bond acceptors (Lipinski definition) is 7. The molecule has 11 heteroatoms. The smallest absolute Gasteiger partial charge is 0.425 e. The summed E-state index contributed by atoms with van der Waals surface area (Å²) in [6.07, 6.45) is 1.31. The maximum absolute atomic E-state index is 12.7. The number of hydrogen-bond donors (Lipinski definition) is 0. The summed E-state index contributed by atoms with van der Waals surface area (Å²) < 4.78 is 44.6. The Morgan fingerprint density at radius 1 is 1.19 bits per heavy atom. The second kappa shape index (κ2) is 8.50. The summed E-state index contributed by atoms with van der Waals surface area (Å²) in [5.41, 5.74) is 1.40. The van der Waals surface area contributed by atoms with Crippen molar-refractivity contribution < 1.29 is 17.9 Å². The maximum atomic E-state index is 12.7. The van der Waals surface area contributed by atoms with Crippen molar-refractivity contribution in [2.45, 2.75) is 19.1 Å². The summed E-state index contributed by atoms with van der Waals surface area (Å²) >= 11 is 0.604. The molecule has 1 aliphatic heterocycles. The van der Waals surface area contributed by atoms with Crippen molar-refractivity contribution in [2.75, 3.05) is 25.1 Å². The molecule has 0 fully saturated rings. The van der Waals surface area contributed by atoms with Crippen LogP contribution in [0.4, 0.5) is 19.1 Å². The van der Waals surface area contributed by atoms with Gasteiger partial charge < -0.3 is 9.64 Å². The first kappa shape index (κ1) is 21.0. The SMILES string of the molecule is COc1ccc(C2=CCN(c3ncn(Cc4ccc(C(F)(F)F)s4)c(=O)n3)CC2)nc1. The predicted octanol–water partition coefficient (Wildman–Crippen LogP) is 3.46. The van der Waals surface area contributed by atoms with Gasteiger partial charge in [0.15, 0.2) is 0 Å². The Labute approximate surface area is 179 Å². The molecule has 4 rings (SSSR count). The minimum Gasteiger partial charge on any atom is -0.495 e. The molecule has 0 amide bonds. The van der Waals surface area contributed by atoms with Gasteiger partial charge in [0, 0.05) is 18.0 Å². The van der Waals surface area contributed by atoms with Crippen LogP contribution in [0.1, 0.15) is 21.9 Å². The molecule has 7 nitrogen and oxygen atoms in total. The summed E-state index contributed by atoms with van der Waals surface area (Å²) in [6.45, 7) is 1.13. The molecule has 0 aliphatic carbocycles. The van der Waals surface area contributed by atoms with Gasteiger partial charge in [-0.3, -0.25) is 9.55 Å². The van der Waals surface area contributed by atoms with E-state index >= 15 is 0 Å². The summed E-state index contributed by atoms with van der Waals surface area (Å²) in [5, 5.41) is 0. The number of thiophene rings is 1. The molecule has 162 valence electrons. The van der Waals surface area contributed by atoms with E-state index in [9.17, 15) is 18.0 Å². The van der Waals surface area contributed by atoms with E-state index in [1.807, 2.05) is 23.1 Å². The van der Waals surface area contributed by atoms with Gasteiger partial charge in [-0.2, -0.15) is 18.2 Å². The van der Waals surface area contributed by atoms with Crippen molar-refractivity contribution in [3.63, 3.8) is 0 Å². The number of ether oxygens (including phenoxy) is 1. The summed E-state index contributed by atoms with van der Waals surface area (Å²) in [7, 11) is 1.59. The van der Waals surface area contributed by atoms with E-state index in [1.165, 1.54) is 17.0 Å². The van der Waals surface area contributed by atoms with E-state index in [2.05, 4.69) is 15.0 Å². The van der Waals surface area contributed by atoms with Gasteiger partial charge in [-0.05, 0) is 36.3 Å². The molecule has 3 aromatic heterocycles. The molecule has 4 heterocycles. The molecule has 31 heavy (non-hydrogen) atoms. The number of pyridine rings is 1. The zero-order valence-electron chi connectivity index (χ0n) is 16.5. The van der Waals surface area contributed by atoms with E-state index in [1.54, 1.807) is 13.3 Å². The lowest BCUT2D eigenvalue weighted by atomic mass is 10.0. The highest BCUT2D eigenvalue weighted by atomic mass is 32.1. The molecule has 0 N–H and O–H groups in total. The molecule has 0 spiro atoms. The summed E-state index contributed by atoms with van der Waals surface area (Å²) in [6, 6.07) is 6.12. The Morgan fingerprint density at radius 3 is 2.61 bits per heavy atom. The zero-order valence-corrected chi connectivity index (χ0v) is 17.3. The van der Waals surface area contributed by atoms with Crippen LogP contribution >= 0.6 is 11.3 Å². The highest BCUT2D eigenvalue weighted by Crippen LogP contribution is 2.34. The van der Waals surface area contributed by atoms with Gasteiger partial charge in [-0.15, -0.1) is 11.3 Å². The largest absolute Gasteiger partial charge is 0.495 e. The predicted molar refractivity (Wildman–Crippen MR) is 110 cm³/mol. The van der Waals surface area contributed by atoms with Crippen molar-refractivity contribution >= 4 is 22.9 Å². The summed E-state index contributed by atoms with van der Waals surface area (Å²) in [5.74, 6) is 0.981. The van der Waals surface area contributed by atoms with Crippen LogP contribution < -0.4 is 15.3 Å². The van der Waals surface area contributed by atoms with E-state index in [-0.39, 0.29) is 6.54 Å². The number of methoxy groups -OCH3 is 1. The number of rotatable bonds is 5. The lowest BCUT2D eigenvalue weighted by Crippen LogP contribution is -2.34. The van der Waals surface area contributed by atoms with Crippen LogP contribution in [0, 0.1) is 0 Å². The zero-order chi connectivity index (χ0) is 22.0. The van der Waals surface area contributed by atoms with Crippen LogP contribution in [0.25, 0.3) is 5.57 Å². The fourth-order valence-corrected chi connectivity index (χ4v) is 4.04. The number of anilines is 1. The van der Waals surface area contributed by atoms with Crippen molar-refractivity contribution in [2.24, 2.45) is 0 Å². The second-order valence-electron chi connectivity index (χ2n) is 6.84. The standard InChI is InChI=1S/C20H18F3N5O2S/c1-30-14-2-4-16(24-10-14)13-6-8-27(9-7-13)18-25-12-28(19(29)26-18)11-15-3-5-17(31-15)20(21,22)23/h2-6,10,12H,7-9,11H2,1H3. The van der Waals surface area contributed by atoms with E-state index in [0.717, 1.165) is 17.3 Å². The molecule has 0 bridgehead atoms. The highest BCUT2D eigenvalue weighted by molar-refractivity contribution is 7.12. The molecule has 0 unspecified atom stereocenters. The second-order valence-corrected chi connectivity index (χ2v) is 8.01. The highest BCUT2D eigenvalue weighted by Gasteiger charge is 2.32. The van der Waals surface area contributed by atoms with Gasteiger partial charge in [0.1, 0.15) is 17.0 Å². The number of nitrogens with zero attached hydrogens (tertiary/aromatic N) is 5. The first-order valence-electron chi connectivity index (χ1n) is 9.37. The molecular weight excluding hydrogens is 431 g/mol. The Morgan fingerprint density at radius 2 is 2.03 bits per heavy atom. The Bertz CT molecular complexity index is 1150. The molecule has 0 saturated carbocycles. The van der Waals surface area contributed by atoms with Crippen LogP contribution in [-0.2, 0) is 12.7 Å². The first-order valence-corrected chi connectivity index (χ1v) is 10.2. The molecule has 3 aromatic rings. The Balaban J connectivity index is 1.44. The van der Waals surface area contributed by atoms with Crippen LogP contribution in [0.3, 0.4) is 0 Å². The van der Waals surface area contributed by atoms with Crippen molar-refractivity contribution in [3.8, 4) is 5.75 Å². The van der Waals surface area contributed by atoms with E-state index < -0.39 is 16.7 Å². The average Bonchev–Trinajstić information content (AvgIpc) is 3.25. The van der Waals surface area contributed by atoms with Crippen molar-refractivity contribution in [1.82, 2.24) is 19.5 Å². The number of halogens is 3. The van der Waals surface area contributed by atoms with Crippen LogP contribution in [0.15, 0.2) is 47.7 Å². The third kappa shape index (κ3) is 4.76. The quantitative estimate of drug-likeness (QED) is 0.594. The lowest BCUT2D eigenvalue weighted by molar-refractivity contribution is -0.134. The van der Waals surface area contributed by atoms with E-state index in [4.69, 9.17) is 4.74 Å². The summed E-state index contributed by atoms with van der Waals surface area (Å²) in [4.78, 5) is 26.6. The fraction of sp³-hybridized carbons (Fsp3) is 0.300. The third-order valence-electron chi connectivity index (χ3n) is 4.81. The van der Waals surface area contributed by atoms with Crippen molar-refractivity contribution in [3.05, 3.63) is 68.8 Å². The minimum atomic E-state index is -4.39. The van der Waals surface area contributed by atoms with Crippen LogP contribution in [-0.4, -0.2) is 39.7 Å². The molecule has 0 saturated heterocycles. The number of alkyl halides is 3. The fourth-order valence-electron chi connectivity index (χ4n) is 3.17. The monoisotopic (exact) mass is 449 g/mol. The lowest BCUT2D eigenvalue weighted by Gasteiger charge is -2.26. The molecule has 1 aliphatic rings. The topological polar surface area (TPSA) is 73.1 Å². The normalized spacial score (nSPS) is 14.5. The van der Waals surface area contributed by atoms with Gasteiger partial charge in [0.25, 0.3) is 0 Å². The van der Waals surface area contributed by atoms with Gasteiger partial charge in [0.05, 0.1) is 25.5 Å². The molecule has 0 atom stereocenters. The van der Waals surface area contributed by atoms with Gasteiger partial charge in [-0.25, -0.2) is 9.78 Å². The molecular formula is C20H18F3N5O2S. The van der Waals surface area contributed by atoms with E-state index in [0.29, 0.717) is 47.4 Å². The van der Waals surface area contributed by atoms with Gasteiger partial charge in [0.2, 0.25) is 5.95 Å². The Hall–Kier alpha value is -3.21. The third-order valence-corrected chi connectivity index (χ3v) is 5.93. The minimum absolute atomic E-state index is 0.00689.